The first kappa shape index (κ1) is 19.6. The van der Waals surface area contributed by atoms with Crippen molar-refractivity contribution in [1.29, 1.82) is 0 Å². The zero-order chi connectivity index (χ0) is 19.5. The smallest absolute Gasteiger partial charge is 0.225 e. The highest BCUT2D eigenvalue weighted by atomic mass is 32.1. The molecule has 3 fully saturated rings. The van der Waals surface area contributed by atoms with Crippen LogP contribution >= 0.6 is 11.3 Å². The van der Waals surface area contributed by atoms with Gasteiger partial charge in [0.1, 0.15) is 5.01 Å². The van der Waals surface area contributed by atoms with E-state index in [-0.39, 0.29) is 17.7 Å². The van der Waals surface area contributed by atoms with Gasteiger partial charge in [-0.2, -0.15) is 0 Å². The van der Waals surface area contributed by atoms with E-state index in [0.717, 1.165) is 44.2 Å². The number of rotatable bonds is 3. The second-order valence-corrected chi connectivity index (χ2v) is 9.34. The van der Waals surface area contributed by atoms with Crippen molar-refractivity contribution in [1.82, 2.24) is 20.0 Å². The Morgan fingerprint density at radius 3 is 2.18 bits per heavy atom. The molecule has 154 valence electrons. The highest BCUT2D eigenvalue weighted by Gasteiger charge is 2.31. The Hall–Kier alpha value is -1.70. The Bertz CT molecular complexity index is 687. The third kappa shape index (κ3) is 4.31. The van der Waals surface area contributed by atoms with Crippen molar-refractivity contribution in [2.45, 2.75) is 57.8 Å². The van der Waals surface area contributed by atoms with Gasteiger partial charge >= 0.3 is 0 Å². The second kappa shape index (κ2) is 8.76. The molecule has 7 nitrogen and oxygen atoms in total. The lowest BCUT2D eigenvalue weighted by molar-refractivity contribution is -0.140. The van der Waals surface area contributed by atoms with E-state index in [2.05, 4.69) is 15.1 Å². The van der Waals surface area contributed by atoms with Gasteiger partial charge in [0.2, 0.25) is 16.9 Å². The van der Waals surface area contributed by atoms with E-state index >= 15 is 0 Å². The maximum absolute atomic E-state index is 12.9. The van der Waals surface area contributed by atoms with Crippen molar-refractivity contribution in [2.75, 3.05) is 44.2 Å². The summed E-state index contributed by atoms with van der Waals surface area (Å²) in [4.78, 5) is 30.5. The summed E-state index contributed by atoms with van der Waals surface area (Å²) < 4.78 is 0. The van der Waals surface area contributed by atoms with E-state index in [4.69, 9.17) is 0 Å². The van der Waals surface area contributed by atoms with Crippen LogP contribution in [0, 0.1) is 5.92 Å². The molecule has 2 saturated heterocycles. The standard InChI is InChI=1S/C20H31N5O2S/c1-15(26)23-9-7-17(8-10-23)19(27)24-11-13-25(14-12-24)20-22-21-18(28-20)16-5-3-2-4-6-16/h16-17H,2-14H2,1H3. The van der Waals surface area contributed by atoms with E-state index in [1.54, 1.807) is 18.3 Å². The van der Waals surface area contributed by atoms with Crippen LogP contribution in [0.3, 0.4) is 0 Å². The molecule has 0 aromatic carbocycles. The van der Waals surface area contributed by atoms with E-state index in [0.29, 0.717) is 19.0 Å². The number of piperazine rings is 1. The van der Waals surface area contributed by atoms with Gasteiger partial charge in [0, 0.05) is 58.0 Å². The Morgan fingerprint density at radius 1 is 0.857 bits per heavy atom. The van der Waals surface area contributed by atoms with Crippen molar-refractivity contribution in [3.8, 4) is 0 Å². The van der Waals surface area contributed by atoms with Crippen molar-refractivity contribution in [3.05, 3.63) is 5.01 Å². The van der Waals surface area contributed by atoms with Crippen LogP contribution in [0.25, 0.3) is 0 Å². The average molecular weight is 406 g/mol. The zero-order valence-corrected chi connectivity index (χ0v) is 17.6. The molecular formula is C20H31N5O2S. The second-order valence-electron chi connectivity index (χ2n) is 8.35. The Labute approximate surface area is 171 Å². The third-order valence-electron chi connectivity index (χ3n) is 6.54. The van der Waals surface area contributed by atoms with Crippen LogP contribution in [0.5, 0.6) is 0 Å². The monoisotopic (exact) mass is 405 g/mol. The molecule has 0 unspecified atom stereocenters. The van der Waals surface area contributed by atoms with Crippen LogP contribution in [0.2, 0.25) is 0 Å². The predicted octanol–water partition coefficient (Wildman–Crippen LogP) is 2.49. The lowest BCUT2D eigenvalue weighted by Crippen LogP contribution is -2.52. The van der Waals surface area contributed by atoms with Gasteiger partial charge in [0.15, 0.2) is 0 Å². The highest BCUT2D eigenvalue weighted by molar-refractivity contribution is 7.15. The van der Waals surface area contributed by atoms with Crippen LogP contribution < -0.4 is 4.90 Å². The Kier molecular flexibility index (Phi) is 6.13. The van der Waals surface area contributed by atoms with Gasteiger partial charge in [0.25, 0.3) is 0 Å². The molecule has 0 bridgehead atoms. The van der Waals surface area contributed by atoms with Crippen LogP contribution in [-0.4, -0.2) is 71.1 Å². The number of hydrogen-bond acceptors (Lipinski definition) is 6. The Morgan fingerprint density at radius 2 is 1.54 bits per heavy atom. The number of hydrogen-bond donors (Lipinski definition) is 0. The van der Waals surface area contributed by atoms with E-state index in [1.165, 1.54) is 37.1 Å². The van der Waals surface area contributed by atoms with Gasteiger partial charge in [-0.1, -0.05) is 30.6 Å². The van der Waals surface area contributed by atoms with Crippen molar-refractivity contribution in [2.24, 2.45) is 5.92 Å². The molecule has 2 aliphatic heterocycles. The number of nitrogens with zero attached hydrogens (tertiary/aromatic N) is 5. The summed E-state index contributed by atoms with van der Waals surface area (Å²) in [7, 11) is 0. The first-order valence-electron chi connectivity index (χ1n) is 10.7. The minimum absolute atomic E-state index is 0.0709. The summed E-state index contributed by atoms with van der Waals surface area (Å²) in [5.41, 5.74) is 0. The molecule has 2 amide bonds. The normalized spacial score (nSPS) is 22.5. The maximum Gasteiger partial charge on any atom is 0.225 e. The molecule has 3 heterocycles. The van der Waals surface area contributed by atoms with Crippen LogP contribution in [0.4, 0.5) is 5.13 Å². The molecule has 1 aromatic heterocycles. The van der Waals surface area contributed by atoms with Crippen molar-refractivity contribution >= 4 is 28.3 Å². The number of amides is 2. The van der Waals surface area contributed by atoms with Crippen molar-refractivity contribution in [3.63, 3.8) is 0 Å². The highest BCUT2D eigenvalue weighted by Crippen LogP contribution is 2.36. The number of carbonyl (C=O) groups is 2. The summed E-state index contributed by atoms with van der Waals surface area (Å²) >= 11 is 1.75. The zero-order valence-electron chi connectivity index (χ0n) is 16.8. The molecule has 28 heavy (non-hydrogen) atoms. The Balaban J connectivity index is 1.27. The number of anilines is 1. The molecule has 1 saturated carbocycles. The fraction of sp³-hybridized carbons (Fsp3) is 0.800. The first-order valence-corrected chi connectivity index (χ1v) is 11.6. The van der Waals surface area contributed by atoms with Gasteiger partial charge in [-0.05, 0) is 25.7 Å². The molecule has 0 atom stereocenters. The molecular weight excluding hydrogens is 374 g/mol. The van der Waals surface area contributed by atoms with Gasteiger partial charge in [-0.25, -0.2) is 0 Å². The lowest BCUT2D eigenvalue weighted by atomic mass is 9.90. The van der Waals surface area contributed by atoms with E-state index < -0.39 is 0 Å². The number of aromatic nitrogens is 2. The van der Waals surface area contributed by atoms with Crippen molar-refractivity contribution < 1.29 is 9.59 Å². The minimum Gasteiger partial charge on any atom is -0.343 e. The summed E-state index contributed by atoms with van der Waals surface area (Å²) in [6, 6.07) is 0. The summed E-state index contributed by atoms with van der Waals surface area (Å²) in [5, 5.41) is 11.1. The molecule has 8 heteroatoms. The largest absolute Gasteiger partial charge is 0.343 e. The molecule has 3 aliphatic rings. The predicted molar refractivity (Wildman–Crippen MR) is 110 cm³/mol. The minimum atomic E-state index is 0.0709. The topological polar surface area (TPSA) is 69.6 Å². The summed E-state index contributed by atoms with van der Waals surface area (Å²) in [6.07, 6.45) is 8.06. The third-order valence-corrected chi connectivity index (χ3v) is 7.68. The molecule has 0 spiro atoms. The van der Waals surface area contributed by atoms with Gasteiger partial charge in [-0.3, -0.25) is 9.59 Å². The first-order chi connectivity index (χ1) is 13.6. The maximum atomic E-state index is 12.9. The molecule has 0 radical (unpaired) electrons. The molecule has 4 rings (SSSR count). The van der Waals surface area contributed by atoms with Crippen LogP contribution in [-0.2, 0) is 9.59 Å². The van der Waals surface area contributed by atoms with Gasteiger partial charge in [0.05, 0.1) is 0 Å². The molecule has 1 aromatic rings. The molecule has 1 aliphatic carbocycles. The SMILES string of the molecule is CC(=O)N1CCC(C(=O)N2CCN(c3nnc(C4CCCCC4)s3)CC2)CC1. The van der Waals surface area contributed by atoms with Gasteiger partial charge < -0.3 is 14.7 Å². The molecule has 0 N–H and O–H groups in total. The van der Waals surface area contributed by atoms with Crippen LogP contribution in [0.1, 0.15) is 62.8 Å². The fourth-order valence-electron chi connectivity index (χ4n) is 4.69. The quantitative estimate of drug-likeness (QED) is 0.773. The number of likely N-dealkylation sites (tertiary alicyclic amines) is 1. The van der Waals surface area contributed by atoms with Gasteiger partial charge in [-0.15, -0.1) is 10.2 Å². The fourth-order valence-corrected chi connectivity index (χ4v) is 5.75. The number of carbonyl (C=O) groups excluding carboxylic acids is 2. The lowest BCUT2D eigenvalue weighted by Gasteiger charge is -2.38. The van der Waals surface area contributed by atoms with E-state index in [1.807, 2.05) is 9.80 Å². The summed E-state index contributed by atoms with van der Waals surface area (Å²) in [6.45, 7) is 6.19. The summed E-state index contributed by atoms with van der Waals surface area (Å²) in [5.74, 6) is 1.05. The number of piperidine rings is 1. The van der Waals surface area contributed by atoms with Crippen LogP contribution in [0.15, 0.2) is 0 Å². The average Bonchev–Trinajstić information content (AvgIpc) is 3.24. The van der Waals surface area contributed by atoms with E-state index in [9.17, 15) is 9.59 Å².